The number of Topliss-reactive ketones (excluding diaryl/α,β-unsaturated/α-hetero) is 1. The minimum Gasteiger partial charge on any atom is -0.392 e. The van der Waals surface area contributed by atoms with E-state index in [0.29, 0.717) is 35.6 Å². The van der Waals surface area contributed by atoms with E-state index in [2.05, 4.69) is 54.0 Å². The van der Waals surface area contributed by atoms with E-state index in [1.807, 2.05) is 0 Å². The molecule has 182 valence electrons. The third kappa shape index (κ3) is 4.38. The van der Waals surface area contributed by atoms with Crippen LogP contribution in [0.1, 0.15) is 83.6 Å². The van der Waals surface area contributed by atoms with Crippen molar-refractivity contribution in [3.63, 3.8) is 0 Å². The van der Waals surface area contributed by atoms with Gasteiger partial charge in [0.1, 0.15) is 5.78 Å². The van der Waals surface area contributed by atoms with Crippen molar-refractivity contribution in [3.05, 3.63) is 34.3 Å². The van der Waals surface area contributed by atoms with Gasteiger partial charge in [-0.05, 0) is 109 Å². The zero-order valence-corrected chi connectivity index (χ0v) is 22.0. The van der Waals surface area contributed by atoms with Crippen LogP contribution in [0.4, 0.5) is 0 Å². The Morgan fingerprint density at radius 1 is 1.06 bits per heavy atom. The molecule has 8 atom stereocenters. The summed E-state index contributed by atoms with van der Waals surface area (Å²) in [5.74, 6) is 3.66. The van der Waals surface area contributed by atoms with Crippen LogP contribution >= 0.6 is 15.9 Å². The molecule has 0 unspecified atom stereocenters. The van der Waals surface area contributed by atoms with Crippen LogP contribution in [0.15, 0.2) is 28.7 Å². The molecule has 1 N–H and O–H groups in total. The number of benzene rings is 1. The Morgan fingerprint density at radius 2 is 1.85 bits per heavy atom. The molecular weight excluding hydrogens is 476 g/mol. The molecule has 0 amide bonds. The SMILES string of the molecule is C[C@]12CCC(=O)C[C@@H]1CC[C@@H]1[C@@H]2CC[C@]2(C)[C@@H](O)[C@H](CCCOCc3ccc(Br)cc3)C[C@@H]12. The van der Waals surface area contributed by atoms with Gasteiger partial charge in [-0.1, -0.05) is 41.9 Å². The van der Waals surface area contributed by atoms with Crippen molar-refractivity contribution < 1.29 is 14.6 Å². The van der Waals surface area contributed by atoms with Crippen molar-refractivity contribution in [2.24, 2.45) is 40.4 Å². The van der Waals surface area contributed by atoms with Gasteiger partial charge in [-0.15, -0.1) is 0 Å². The summed E-state index contributed by atoms with van der Waals surface area (Å²) < 4.78 is 7.04. The van der Waals surface area contributed by atoms with Crippen LogP contribution in [0.25, 0.3) is 0 Å². The van der Waals surface area contributed by atoms with Crippen LogP contribution in [0.3, 0.4) is 0 Å². The van der Waals surface area contributed by atoms with Gasteiger partial charge in [0.15, 0.2) is 0 Å². The number of ether oxygens (including phenoxy) is 1. The number of ketones is 1. The van der Waals surface area contributed by atoms with Gasteiger partial charge in [-0.2, -0.15) is 0 Å². The van der Waals surface area contributed by atoms with E-state index in [9.17, 15) is 9.90 Å². The minimum atomic E-state index is -0.173. The summed E-state index contributed by atoms with van der Waals surface area (Å²) in [6.07, 6.45) is 10.7. The lowest BCUT2D eigenvalue weighted by atomic mass is 9.45. The average molecular weight is 518 g/mol. The zero-order valence-electron chi connectivity index (χ0n) is 20.4. The first-order valence-electron chi connectivity index (χ1n) is 13.3. The monoisotopic (exact) mass is 516 g/mol. The molecule has 0 spiro atoms. The predicted octanol–water partition coefficient (Wildman–Crippen LogP) is 6.94. The smallest absolute Gasteiger partial charge is 0.133 e. The molecule has 1 aromatic rings. The van der Waals surface area contributed by atoms with Gasteiger partial charge in [0.05, 0.1) is 12.7 Å². The second kappa shape index (κ2) is 9.39. The van der Waals surface area contributed by atoms with Crippen molar-refractivity contribution >= 4 is 21.7 Å². The van der Waals surface area contributed by atoms with Gasteiger partial charge in [0.25, 0.3) is 0 Å². The lowest BCUT2D eigenvalue weighted by Gasteiger charge is -2.60. The summed E-state index contributed by atoms with van der Waals surface area (Å²) in [4.78, 5) is 12.1. The summed E-state index contributed by atoms with van der Waals surface area (Å²) in [5, 5.41) is 11.4. The predicted molar refractivity (Wildman–Crippen MR) is 135 cm³/mol. The Morgan fingerprint density at radius 3 is 2.64 bits per heavy atom. The Labute approximate surface area is 208 Å². The van der Waals surface area contributed by atoms with E-state index in [4.69, 9.17) is 4.74 Å². The van der Waals surface area contributed by atoms with E-state index in [0.717, 1.165) is 61.4 Å². The molecule has 4 heteroatoms. The number of aliphatic hydroxyl groups excluding tert-OH is 1. The lowest BCUT2D eigenvalue weighted by Crippen LogP contribution is -2.54. The molecule has 4 fully saturated rings. The van der Waals surface area contributed by atoms with Gasteiger partial charge >= 0.3 is 0 Å². The van der Waals surface area contributed by atoms with Gasteiger partial charge in [-0.25, -0.2) is 0 Å². The molecule has 0 aliphatic heterocycles. The van der Waals surface area contributed by atoms with Crippen molar-refractivity contribution in [1.29, 1.82) is 0 Å². The van der Waals surface area contributed by atoms with Crippen LogP contribution in [0.2, 0.25) is 0 Å². The normalized spacial score (nSPS) is 42.5. The van der Waals surface area contributed by atoms with Crippen molar-refractivity contribution in [1.82, 2.24) is 0 Å². The molecule has 1 aromatic carbocycles. The summed E-state index contributed by atoms with van der Waals surface area (Å²) in [5.41, 5.74) is 1.64. The first-order chi connectivity index (χ1) is 15.8. The van der Waals surface area contributed by atoms with Crippen LogP contribution in [-0.2, 0) is 16.1 Å². The number of rotatable bonds is 6. The summed E-state index contributed by atoms with van der Waals surface area (Å²) in [6, 6.07) is 8.32. The topological polar surface area (TPSA) is 46.5 Å². The highest BCUT2D eigenvalue weighted by molar-refractivity contribution is 9.10. The molecule has 0 aromatic heterocycles. The highest BCUT2D eigenvalue weighted by Gasteiger charge is 2.61. The van der Waals surface area contributed by atoms with Gasteiger partial charge in [0, 0.05) is 23.9 Å². The third-order valence-corrected chi connectivity index (χ3v) is 11.2. The van der Waals surface area contributed by atoms with E-state index in [1.54, 1.807) is 0 Å². The molecule has 3 nitrogen and oxygen atoms in total. The quantitative estimate of drug-likeness (QED) is 0.416. The lowest BCUT2D eigenvalue weighted by molar-refractivity contribution is -0.142. The fourth-order valence-electron chi connectivity index (χ4n) is 8.69. The second-order valence-corrected chi connectivity index (χ2v) is 13.1. The molecule has 0 bridgehead atoms. The van der Waals surface area contributed by atoms with E-state index >= 15 is 0 Å². The van der Waals surface area contributed by atoms with E-state index in [1.165, 1.54) is 31.2 Å². The summed E-state index contributed by atoms with van der Waals surface area (Å²) in [6.45, 7) is 6.32. The van der Waals surface area contributed by atoms with Gasteiger partial charge in [0.2, 0.25) is 0 Å². The standard InChI is InChI=1S/C29H41BrO3/c1-28-13-11-23(31)17-21(28)7-10-24-25(28)12-14-29(2)26(24)16-20(27(29)32)4-3-15-33-18-19-5-8-22(30)9-6-19/h5-6,8-9,20-21,24-27,32H,3-4,7,10-18H2,1-2H3/t20-,21+,24-,25+,26+,27+,28+,29+/m1/s1. The summed E-state index contributed by atoms with van der Waals surface area (Å²) in [7, 11) is 0. The molecular formula is C29H41BrO3. The van der Waals surface area contributed by atoms with Crippen molar-refractivity contribution in [3.8, 4) is 0 Å². The number of aliphatic hydroxyl groups is 1. The highest BCUT2D eigenvalue weighted by atomic mass is 79.9. The Kier molecular flexibility index (Phi) is 6.83. The number of hydrogen-bond donors (Lipinski definition) is 1. The number of carbonyl (C=O) groups excluding carboxylic acids is 1. The Bertz CT molecular complexity index is 853. The first kappa shape index (κ1) is 24.0. The third-order valence-electron chi connectivity index (χ3n) is 10.6. The summed E-state index contributed by atoms with van der Waals surface area (Å²) >= 11 is 3.48. The zero-order chi connectivity index (χ0) is 23.2. The maximum Gasteiger partial charge on any atom is 0.133 e. The Balaban J connectivity index is 1.17. The number of fused-ring (bicyclic) bond motifs is 5. The average Bonchev–Trinajstić information content (AvgIpc) is 3.06. The van der Waals surface area contributed by atoms with Crippen LogP contribution < -0.4 is 0 Å². The minimum absolute atomic E-state index is 0.0811. The maximum atomic E-state index is 12.1. The number of hydrogen-bond acceptors (Lipinski definition) is 3. The molecule has 0 heterocycles. The molecule has 0 saturated heterocycles. The van der Waals surface area contributed by atoms with Crippen LogP contribution in [-0.4, -0.2) is 23.6 Å². The molecule has 4 aliphatic rings. The van der Waals surface area contributed by atoms with Gasteiger partial charge in [-0.3, -0.25) is 4.79 Å². The van der Waals surface area contributed by atoms with Crippen LogP contribution in [0, 0.1) is 40.4 Å². The van der Waals surface area contributed by atoms with Crippen molar-refractivity contribution in [2.45, 2.75) is 90.8 Å². The molecule has 4 aliphatic carbocycles. The molecule has 33 heavy (non-hydrogen) atoms. The highest BCUT2D eigenvalue weighted by Crippen LogP contribution is 2.67. The van der Waals surface area contributed by atoms with Crippen molar-refractivity contribution in [2.75, 3.05) is 6.61 Å². The van der Waals surface area contributed by atoms with Crippen LogP contribution in [0.5, 0.6) is 0 Å². The van der Waals surface area contributed by atoms with E-state index < -0.39 is 0 Å². The number of carbonyl (C=O) groups is 1. The molecule has 4 saturated carbocycles. The fraction of sp³-hybridized carbons (Fsp3) is 0.759. The fourth-order valence-corrected chi connectivity index (χ4v) is 8.96. The second-order valence-electron chi connectivity index (χ2n) is 12.2. The largest absolute Gasteiger partial charge is 0.392 e. The maximum absolute atomic E-state index is 12.1. The molecule has 0 radical (unpaired) electrons. The first-order valence-corrected chi connectivity index (χ1v) is 14.1. The Hall–Kier alpha value is -0.710. The molecule has 5 rings (SSSR count). The number of halogens is 1. The van der Waals surface area contributed by atoms with Gasteiger partial charge < -0.3 is 9.84 Å². The van der Waals surface area contributed by atoms with E-state index in [-0.39, 0.29) is 11.5 Å².